The van der Waals surface area contributed by atoms with Gasteiger partial charge in [0.05, 0.1) is 19.8 Å². The topological polar surface area (TPSA) is 71.1 Å². The molecule has 3 aromatic rings. The Morgan fingerprint density at radius 3 is 2.46 bits per heavy atom. The molecule has 46 heavy (non-hydrogen) atoms. The van der Waals surface area contributed by atoms with E-state index >= 15 is 0 Å². The van der Waals surface area contributed by atoms with Gasteiger partial charge in [-0.15, -0.1) is 0 Å². The molecule has 2 amide bonds. The summed E-state index contributed by atoms with van der Waals surface area (Å²) in [4.78, 5) is 30.6. The number of aryl methyl sites for hydroxylation is 1. The van der Waals surface area contributed by atoms with Gasteiger partial charge in [-0.1, -0.05) is 54.1 Å². The van der Waals surface area contributed by atoms with E-state index in [9.17, 15) is 22.8 Å². The van der Waals surface area contributed by atoms with Gasteiger partial charge in [-0.25, -0.2) is 13.6 Å². The van der Waals surface area contributed by atoms with Crippen molar-refractivity contribution in [1.82, 2.24) is 15.1 Å². The lowest BCUT2D eigenvalue weighted by atomic mass is 9.82. The summed E-state index contributed by atoms with van der Waals surface area (Å²) in [5, 5.41) is 4.19. The smallest absolute Gasteiger partial charge is 0.409 e. The summed E-state index contributed by atoms with van der Waals surface area (Å²) in [5.74, 6) is -4.23. The standard InChI is InChI=1S/C35H35ClF3N3O4/c1-45-35(44)41-19-24-17-26(22-10-8-21(9-11-22)5-4-16-46-33-29(38)15-14-28(37)32(33)39)31(30(20-41)40-24)34(43)42(25-12-13-25)18-23-6-2-3-7-27(23)36/h2-3,6-11,14-15,24-25,30,40H,4-5,12-13,16-20H2,1H3. The first-order valence-corrected chi connectivity index (χ1v) is 15.8. The van der Waals surface area contributed by atoms with Crippen LogP contribution in [0.3, 0.4) is 0 Å². The average molecular weight is 654 g/mol. The van der Waals surface area contributed by atoms with E-state index in [4.69, 9.17) is 21.1 Å². The summed E-state index contributed by atoms with van der Waals surface area (Å²) in [6, 6.07) is 16.7. The van der Waals surface area contributed by atoms with Crippen LogP contribution in [0.2, 0.25) is 5.02 Å². The van der Waals surface area contributed by atoms with Crippen molar-refractivity contribution < 1.29 is 32.2 Å². The first-order chi connectivity index (χ1) is 22.2. The molecule has 3 aliphatic rings. The van der Waals surface area contributed by atoms with Gasteiger partial charge in [0.25, 0.3) is 5.91 Å². The quantitative estimate of drug-likeness (QED) is 0.199. The molecule has 2 fully saturated rings. The van der Waals surface area contributed by atoms with Crippen molar-refractivity contribution in [2.75, 3.05) is 26.8 Å². The maximum absolute atomic E-state index is 14.5. The summed E-state index contributed by atoms with van der Waals surface area (Å²) in [6.45, 7) is 1.17. The minimum absolute atomic E-state index is 0.0109. The number of benzene rings is 3. The Morgan fingerprint density at radius 2 is 1.74 bits per heavy atom. The highest BCUT2D eigenvalue weighted by atomic mass is 35.5. The highest BCUT2D eigenvalue weighted by molar-refractivity contribution is 6.31. The van der Waals surface area contributed by atoms with Crippen molar-refractivity contribution in [3.63, 3.8) is 0 Å². The van der Waals surface area contributed by atoms with Crippen LogP contribution in [0, 0.1) is 17.5 Å². The Bertz CT molecular complexity index is 1650. The monoisotopic (exact) mass is 653 g/mol. The fourth-order valence-electron chi connectivity index (χ4n) is 6.33. The number of halogens is 4. The molecular formula is C35H35ClF3N3O4. The Labute approximate surface area is 270 Å². The highest BCUT2D eigenvalue weighted by Crippen LogP contribution is 2.38. The van der Waals surface area contributed by atoms with Crippen molar-refractivity contribution in [3.05, 3.63) is 105 Å². The number of fused-ring (bicyclic) bond motifs is 2. The summed E-state index contributed by atoms with van der Waals surface area (Å²) >= 11 is 6.50. The molecule has 0 radical (unpaired) electrons. The molecule has 1 N–H and O–H groups in total. The fourth-order valence-corrected chi connectivity index (χ4v) is 6.52. The first kappa shape index (κ1) is 31.9. The second-order valence-corrected chi connectivity index (χ2v) is 12.4. The van der Waals surface area contributed by atoms with E-state index in [1.54, 1.807) is 4.90 Å². The zero-order chi connectivity index (χ0) is 32.4. The Balaban J connectivity index is 1.23. The van der Waals surface area contributed by atoms with Crippen LogP contribution < -0.4 is 10.1 Å². The maximum Gasteiger partial charge on any atom is 0.409 e. The molecular weight excluding hydrogens is 619 g/mol. The largest absolute Gasteiger partial charge is 0.488 e. The zero-order valence-electron chi connectivity index (χ0n) is 25.4. The third-order valence-corrected chi connectivity index (χ3v) is 9.14. The van der Waals surface area contributed by atoms with Crippen LogP contribution in [0.1, 0.15) is 42.4 Å². The Hall–Kier alpha value is -4.02. The number of nitrogens with one attached hydrogen (secondary N) is 1. The van der Waals surface area contributed by atoms with E-state index in [-0.39, 0.29) is 30.6 Å². The predicted octanol–water partition coefficient (Wildman–Crippen LogP) is 6.53. The number of hydrogen-bond acceptors (Lipinski definition) is 5. The maximum atomic E-state index is 14.5. The van der Waals surface area contributed by atoms with Crippen LogP contribution in [0.15, 0.2) is 66.2 Å². The minimum atomic E-state index is -1.34. The van der Waals surface area contributed by atoms with E-state index in [0.717, 1.165) is 47.2 Å². The lowest BCUT2D eigenvalue weighted by Crippen LogP contribution is -2.62. The fraction of sp³-hybridized carbons (Fsp3) is 0.371. The van der Waals surface area contributed by atoms with Gasteiger partial charge >= 0.3 is 6.09 Å². The van der Waals surface area contributed by atoms with Gasteiger partial charge in [-0.3, -0.25) is 4.79 Å². The number of amides is 2. The molecule has 6 rings (SSSR count). The van der Waals surface area contributed by atoms with E-state index in [2.05, 4.69) is 5.32 Å². The average Bonchev–Trinajstić information content (AvgIpc) is 3.90. The molecule has 1 saturated carbocycles. The third kappa shape index (κ3) is 6.88. The van der Waals surface area contributed by atoms with Gasteiger partial charge in [0.1, 0.15) is 0 Å². The van der Waals surface area contributed by atoms with Gasteiger partial charge < -0.3 is 24.6 Å². The molecule has 3 aromatic carbocycles. The summed E-state index contributed by atoms with van der Waals surface area (Å²) < 4.78 is 51.5. The molecule has 7 nitrogen and oxygen atoms in total. The number of hydrogen-bond donors (Lipinski definition) is 1. The highest BCUT2D eigenvalue weighted by Gasteiger charge is 2.43. The van der Waals surface area contributed by atoms with Gasteiger partial charge in [0.15, 0.2) is 17.4 Å². The van der Waals surface area contributed by atoms with Crippen molar-refractivity contribution >= 4 is 29.2 Å². The molecule has 2 aliphatic heterocycles. The van der Waals surface area contributed by atoms with Crippen LogP contribution in [0.4, 0.5) is 18.0 Å². The van der Waals surface area contributed by atoms with Crippen molar-refractivity contribution in [3.8, 4) is 5.75 Å². The molecule has 242 valence electrons. The van der Waals surface area contributed by atoms with Gasteiger partial charge in [-0.05, 0) is 72.6 Å². The van der Waals surface area contributed by atoms with E-state index in [1.165, 1.54) is 7.11 Å². The van der Waals surface area contributed by atoms with Gasteiger partial charge in [-0.2, -0.15) is 4.39 Å². The Morgan fingerprint density at radius 1 is 1.00 bits per heavy atom. The van der Waals surface area contributed by atoms with Crippen LogP contribution in [0.5, 0.6) is 5.75 Å². The van der Waals surface area contributed by atoms with Crippen LogP contribution >= 0.6 is 11.6 Å². The number of piperazine rings is 1. The molecule has 0 aromatic heterocycles. The lowest BCUT2D eigenvalue weighted by Gasteiger charge is -2.44. The third-order valence-electron chi connectivity index (χ3n) is 8.78. The normalized spacial score (nSPS) is 19.2. The van der Waals surface area contributed by atoms with Crippen molar-refractivity contribution in [2.24, 2.45) is 0 Å². The SMILES string of the molecule is COC(=O)N1CC2CC(c3ccc(CCCOc4c(F)ccc(F)c4F)cc3)=C(C(=O)N(Cc3ccccc3Cl)C3CC3)C(C1)N2. The molecule has 1 saturated heterocycles. The molecule has 2 heterocycles. The molecule has 0 spiro atoms. The minimum Gasteiger partial charge on any atom is -0.488 e. The van der Waals surface area contributed by atoms with Gasteiger partial charge in [0.2, 0.25) is 5.82 Å². The summed E-state index contributed by atoms with van der Waals surface area (Å²) in [7, 11) is 1.36. The Kier molecular flexibility index (Phi) is 9.56. The number of nitrogens with zero attached hydrogens (tertiary/aromatic N) is 2. The summed E-state index contributed by atoms with van der Waals surface area (Å²) in [6.07, 6.45) is 3.00. The van der Waals surface area contributed by atoms with E-state index in [1.807, 2.05) is 53.4 Å². The van der Waals surface area contributed by atoms with Crippen LogP contribution in [0.25, 0.3) is 5.57 Å². The number of carbonyl (C=O) groups is 2. The lowest BCUT2D eigenvalue weighted by molar-refractivity contribution is -0.128. The second kappa shape index (κ2) is 13.8. The number of methoxy groups -OCH3 is 1. The van der Waals surface area contributed by atoms with E-state index < -0.39 is 29.3 Å². The number of carbonyl (C=O) groups excluding carboxylic acids is 2. The van der Waals surface area contributed by atoms with Crippen molar-refractivity contribution in [1.29, 1.82) is 0 Å². The predicted molar refractivity (Wildman–Crippen MR) is 168 cm³/mol. The second-order valence-electron chi connectivity index (χ2n) is 12.0. The number of ether oxygens (including phenoxy) is 2. The molecule has 2 bridgehead atoms. The first-order valence-electron chi connectivity index (χ1n) is 15.5. The zero-order valence-corrected chi connectivity index (χ0v) is 26.2. The van der Waals surface area contributed by atoms with Crippen LogP contribution in [-0.2, 0) is 22.5 Å². The molecule has 11 heteroatoms. The number of rotatable bonds is 10. The summed E-state index contributed by atoms with van der Waals surface area (Å²) in [5.41, 5.74) is 4.36. The molecule has 2 unspecified atom stereocenters. The van der Waals surface area contributed by atoms with Gasteiger partial charge in [0, 0.05) is 42.3 Å². The molecule has 2 atom stereocenters. The van der Waals surface area contributed by atoms with E-state index in [0.29, 0.717) is 49.5 Å². The molecule has 1 aliphatic carbocycles. The van der Waals surface area contributed by atoms with Crippen LogP contribution in [-0.4, -0.2) is 66.7 Å². The van der Waals surface area contributed by atoms with Crippen molar-refractivity contribution in [2.45, 2.75) is 56.8 Å².